The van der Waals surface area contributed by atoms with Crippen LogP contribution in [0.1, 0.15) is 26.7 Å². The molecule has 2 heterocycles. The maximum atomic E-state index is 9.30. The van der Waals surface area contributed by atoms with E-state index in [2.05, 4.69) is 27.5 Å². The highest BCUT2D eigenvalue weighted by atomic mass is 32.1. The number of thiophene rings is 1. The molecule has 2 aromatic rings. The first-order valence-electron chi connectivity index (χ1n) is 6.65. The minimum Gasteiger partial charge on any atom is -0.394 e. The lowest BCUT2D eigenvalue weighted by Gasteiger charge is -2.16. The quantitative estimate of drug-likeness (QED) is 0.727. The molecule has 0 radical (unpaired) electrons. The van der Waals surface area contributed by atoms with Gasteiger partial charge in [-0.2, -0.15) is 4.98 Å². The Morgan fingerprint density at radius 2 is 2.21 bits per heavy atom. The van der Waals surface area contributed by atoms with Gasteiger partial charge in [0.1, 0.15) is 10.6 Å². The summed E-state index contributed by atoms with van der Waals surface area (Å²) in [5.74, 6) is 1.44. The van der Waals surface area contributed by atoms with E-state index in [0.29, 0.717) is 5.95 Å². The van der Waals surface area contributed by atoms with Crippen molar-refractivity contribution in [2.75, 3.05) is 23.8 Å². The zero-order chi connectivity index (χ0) is 13.7. The summed E-state index contributed by atoms with van der Waals surface area (Å²) in [5.41, 5.74) is 0. The first-order chi connectivity index (χ1) is 9.28. The van der Waals surface area contributed by atoms with Crippen molar-refractivity contribution < 1.29 is 5.11 Å². The minimum atomic E-state index is 0.0250. The van der Waals surface area contributed by atoms with Crippen LogP contribution in [0.3, 0.4) is 0 Å². The zero-order valence-electron chi connectivity index (χ0n) is 11.3. The topological polar surface area (TPSA) is 70.1 Å². The van der Waals surface area contributed by atoms with Crippen LogP contribution in [0.4, 0.5) is 11.8 Å². The molecule has 0 saturated heterocycles. The van der Waals surface area contributed by atoms with Gasteiger partial charge in [-0.1, -0.05) is 13.8 Å². The van der Waals surface area contributed by atoms with E-state index < -0.39 is 0 Å². The molecule has 0 spiro atoms. The summed E-state index contributed by atoms with van der Waals surface area (Å²) < 4.78 is 0. The number of aliphatic hydroxyl groups is 1. The normalized spacial score (nSPS) is 12.6. The van der Waals surface area contributed by atoms with Gasteiger partial charge in [0.2, 0.25) is 5.95 Å². The third kappa shape index (κ3) is 3.33. The lowest BCUT2D eigenvalue weighted by Crippen LogP contribution is -2.23. The first kappa shape index (κ1) is 14.0. The maximum Gasteiger partial charge on any atom is 0.226 e. The molecule has 0 aromatic carbocycles. The molecule has 0 amide bonds. The van der Waals surface area contributed by atoms with Crippen molar-refractivity contribution in [3.63, 3.8) is 0 Å². The Balaban J connectivity index is 2.30. The van der Waals surface area contributed by atoms with E-state index in [1.165, 1.54) is 0 Å². The highest BCUT2D eigenvalue weighted by molar-refractivity contribution is 7.16. The van der Waals surface area contributed by atoms with Crippen molar-refractivity contribution in [2.24, 2.45) is 0 Å². The SMILES string of the molecule is CCCNc1nc(NC(CC)CO)c2ccsc2n1. The van der Waals surface area contributed by atoms with E-state index in [1.807, 2.05) is 18.4 Å². The Labute approximate surface area is 117 Å². The minimum absolute atomic E-state index is 0.0250. The molecule has 2 aromatic heterocycles. The van der Waals surface area contributed by atoms with E-state index >= 15 is 0 Å². The van der Waals surface area contributed by atoms with Gasteiger partial charge in [0.15, 0.2) is 0 Å². The molecule has 0 aliphatic carbocycles. The number of fused-ring (bicyclic) bond motifs is 1. The van der Waals surface area contributed by atoms with Gasteiger partial charge in [0.25, 0.3) is 0 Å². The lowest BCUT2D eigenvalue weighted by atomic mass is 10.2. The van der Waals surface area contributed by atoms with Gasteiger partial charge >= 0.3 is 0 Å². The molecule has 6 heteroatoms. The van der Waals surface area contributed by atoms with Crippen LogP contribution in [-0.4, -0.2) is 34.3 Å². The molecule has 5 nitrogen and oxygen atoms in total. The monoisotopic (exact) mass is 280 g/mol. The van der Waals surface area contributed by atoms with Crippen molar-refractivity contribution >= 4 is 33.3 Å². The van der Waals surface area contributed by atoms with Gasteiger partial charge in [-0.25, -0.2) is 4.98 Å². The van der Waals surface area contributed by atoms with Gasteiger partial charge in [0.05, 0.1) is 18.0 Å². The summed E-state index contributed by atoms with van der Waals surface area (Å²) in [4.78, 5) is 9.96. The zero-order valence-corrected chi connectivity index (χ0v) is 12.1. The molecular formula is C13H20N4OS. The summed E-state index contributed by atoms with van der Waals surface area (Å²) in [5, 5.41) is 18.8. The predicted octanol–water partition coefficient (Wildman–Crippen LogP) is 2.70. The second-order valence-corrected chi connectivity index (χ2v) is 5.29. The van der Waals surface area contributed by atoms with Crippen molar-refractivity contribution in [3.05, 3.63) is 11.4 Å². The van der Waals surface area contributed by atoms with E-state index in [0.717, 1.165) is 35.4 Å². The van der Waals surface area contributed by atoms with E-state index in [9.17, 15) is 5.11 Å². The number of anilines is 2. The summed E-state index contributed by atoms with van der Waals surface area (Å²) in [6, 6.07) is 2.03. The standard InChI is InChI=1S/C13H20N4OS/c1-3-6-14-13-16-11(15-9(4-2)8-18)10-5-7-19-12(10)17-13/h5,7,9,18H,3-4,6,8H2,1-2H3,(H2,14,15,16,17). The van der Waals surface area contributed by atoms with Gasteiger partial charge in [-0.3, -0.25) is 0 Å². The van der Waals surface area contributed by atoms with Crippen LogP contribution in [0.2, 0.25) is 0 Å². The fraction of sp³-hybridized carbons (Fsp3) is 0.538. The van der Waals surface area contributed by atoms with Crippen LogP contribution >= 0.6 is 11.3 Å². The van der Waals surface area contributed by atoms with E-state index in [-0.39, 0.29) is 12.6 Å². The van der Waals surface area contributed by atoms with Crippen molar-refractivity contribution in [1.82, 2.24) is 9.97 Å². The number of aliphatic hydroxyl groups excluding tert-OH is 1. The fourth-order valence-corrected chi connectivity index (χ4v) is 2.52. The van der Waals surface area contributed by atoms with Crippen LogP contribution in [0.5, 0.6) is 0 Å². The molecule has 104 valence electrons. The van der Waals surface area contributed by atoms with Crippen molar-refractivity contribution in [2.45, 2.75) is 32.7 Å². The number of nitrogens with zero attached hydrogens (tertiary/aromatic N) is 2. The van der Waals surface area contributed by atoms with Crippen LogP contribution in [-0.2, 0) is 0 Å². The predicted molar refractivity (Wildman–Crippen MR) is 81.0 cm³/mol. The Morgan fingerprint density at radius 1 is 1.37 bits per heavy atom. The highest BCUT2D eigenvalue weighted by Gasteiger charge is 2.12. The number of hydrogen-bond acceptors (Lipinski definition) is 6. The van der Waals surface area contributed by atoms with Crippen LogP contribution in [0.25, 0.3) is 10.2 Å². The summed E-state index contributed by atoms with van der Waals surface area (Å²) in [6.07, 6.45) is 1.88. The van der Waals surface area contributed by atoms with E-state index in [4.69, 9.17) is 0 Å². The van der Waals surface area contributed by atoms with Crippen molar-refractivity contribution in [3.8, 4) is 0 Å². The molecule has 0 bridgehead atoms. The lowest BCUT2D eigenvalue weighted by molar-refractivity contribution is 0.271. The van der Waals surface area contributed by atoms with Gasteiger partial charge < -0.3 is 15.7 Å². The molecule has 0 aliphatic rings. The Kier molecular flexibility index (Phi) is 4.93. The van der Waals surface area contributed by atoms with Crippen molar-refractivity contribution in [1.29, 1.82) is 0 Å². The average molecular weight is 280 g/mol. The third-order valence-corrected chi connectivity index (χ3v) is 3.72. The summed E-state index contributed by atoms with van der Waals surface area (Å²) in [6.45, 7) is 5.10. The molecule has 3 N–H and O–H groups in total. The Morgan fingerprint density at radius 3 is 2.89 bits per heavy atom. The maximum absolute atomic E-state index is 9.30. The van der Waals surface area contributed by atoms with E-state index in [1.54, 1.807) is 11.3 Å². The molecule has 2 rings (SSSR count). The molecule has 1 unspecified atom stereocenters. The second-order valence-electron chi connectivity index (χ2n) is 4.39. The number of hydrogen-bond donors (Lipinski definition) is 3. The Hall–Kier alpha value is -1.40. The molecule has 19 heavy (non-hydrogen) atoms. The molecule has 1 atom stereocenters. The first-order valence-corrected chi connectivity index (χ1v) is 7.53. The smallest absolute Gasteiger partial charge is 0.226 e. The largest absolute Gasteiger partial charge is 0.394 e. The van der Waals surface area contributed by atoms with Crippen LogP contribution in [0.15, 0.2) is 11.4 Å². The number of rotatable bonds is 7. The fourth-order valence-electron chi connectivity index (χ4n) is 1.75. The van der Waals surface area contributed by atoms with Gasteiger partial charge in [-0.05, 0) is 24.3 Å². The van der Waals surface area contributed by atoms with Gasteiger partial charge in [-0.15, -0.1) is 11.3 Å². The number of aromatic nitrogens is 2. The van der Waals surface area contributed by atoms with Crippen LogP contribution in [0, 0.1) is 0 Å². The number of nitrogens with one attached hydrogen (secondary N) is 2. The molecule has 0 fully saturated rings. The van der Waals surface area contributed by atoms with Gasteiger partial charge in [0, 0.05) is 6.54 Å². The third-order valence-electron chi connectivity index (χ3n) is 2.91. The highest BCUT2D eigenvalue weighted by Crippen LogP contribution is 2.27. The molecule has 0 aliphatic heterocycles. The second kappa shape index (κ2) is 6.68. The summed E-state index contributed by atoms with van der Waals surface area (Å²) >= 11 is 1.60. The molecule has 0 saturated carbocycles. The summed E-state index contributed by atoms with van der Waals surface area (Å²) in [7, 11) is 0. The van der Waals surface area contributed by atoms with Crippen LogP contribution < -0.4 is 10.6 Å². The Bertz CT molecular complexity index is 524. The average Bonchev–Trinajstić information content (AvgIpc) is 2.90. The molecular weight excluding hydrogens is 260 g/mol.